The number of nitrogens with two attached hydrogens (primary N) is 1. The fraction of sp³-hybridized carbons (Fsp3) is 0.0769. The van der Waals surface area contributed by atoms with E-state index in [1.54, 1.807) is 35.2 Å². The molecule has 0 bridgehead atoms. The van der Waals surface area contributed by atoms with Gasteiger partial charge in [-0.3, -0.25) is 0 Å². The molecule has 2 N–H and O–H groups in total. The van der Waals surface area contributed by atoms with Crippen LogP contribution in [0.2, 0.25) is 0 Å². The number of hydrogen-bond acceptors (Lipinski definition) is 4. The molecule has 2 aromatic heterocycles. The highest BCUT2D eigenvalue weighted by molar-refractivity contribution is 7.13. The van der Waals surface area contributed by atoms with Gasteiger partial charge in [-0.2, -0.15) is 0 Å². The van der Waals surface area contributed by atoms with Gasteiger partial charge in [-0.05, 0) is 23.6 Å². The van der Waals surface area contributed by atoms with E-state index < -0.39 is 5.82 Å². The summed E-state index contributed by atoms with van der Waals surface area (Å²) in [5.74, 6) is 0.731. The van der Waals surface area contributed by atoms with E-state index in [4.69, 9.17) is 5.73 Å². The summed E-state index contributed by atoms with van der Waals surface area (Å²) in [6, 6.07) is 8.56. The molecule has 3 rings (SSSR count). The van der Waals surface area contributed by atoms with Gasteiger partial charge in [0, 0.05) is 12.6 Å². The lowest BCUT2D eigenvalue weighted by Crippen LogP contribution is -1.99. The smallest absolute Gasteiger partial charge is 0.191 e. The molecule has 1 aromatic carbocycles. The first-order chi connectivity index (χ1) is 9.16. The van der Waals surface area contributed by atoms with Crippen molar-refractivity contribution in [3.05, 3.63) is 41.5 Å². The molecule has 0 saturated heterocycles. The monoisotopic (exact) mass is 274 g/mol. The number of benzene rings is 1. The van der Waals surface area contributed by atoms with Crippen LogP contribution in [0.15, 0.2) is 35.7 Å². The Morgan fingerprint density at radius 2 is 2.11 bits per heavy atom. The van der Waals surface area contributed by atoms with Crippen molar-refractivity contribution >= 4 is 17.0 Å². The molecule has 6 heteroatoms. The zero-order valence-corrected chi connectivity index (χ0v) is 11.0. The summed E-state index contributed by atoms with van der Waals surface area (Å²) < 4.78 is 15.1. The zero-order chi connectivity index (χ0) is 13.4. The van der Waals surface area contributed by atoms with Gasteiger partial charge in [-0.15, -0.1) is 16.4 Å². The number of hydrogen-bond donors (Lipinski definition) is 1. The summed E-state index contributed by atoms with van der Waals surface area (Å²) in [7, 11) is 1.77. The Hall–Kier alpha value is -2.21. The molecule has 0 amide bonds. The van der Waals surface area contributed by atoms with Crippen molar-refractivity contribution in [3.63, 3.8) is 0 Å². The lowest BCUT2D eigenvalue weighted by Gasteiger charge is -2.04. The summed E-state index contributed by atoms with van der Waals surface area (Å²) in [5, 5.41) is 6.30. The molecular weight excluding hydrogens is 263 g/mol. The lowest BCUT2D eigenvalue weighted by molar-refractivity contribution is 0.632. The second kappa shape index (κ2) is 4.47. The fourth-order valence-electron chi connectivity index (χ4n) is 1.86. The lowest BCUT2D eigenvalue weighted by atomic mass is 10.1. The van der Waals surface area contributed by atoms with Gasteiger partial charge in [-0.25, -0.2) is 14.1 Å². The van der Waals surface area contributed by atoms with Crippen LogP contribution in [0.25, 0.3) is 22.1 Å². The molecule has 96 valence electrons. The number of nitrogen functional groups attached to an aromatic ring is 1. The molecule has 19 heavy (non-hydrogen) atoms. The number of anilines is 1. The van der Waals surface area contributed by atoms with Crippen LogP contribution in [0, 0.1) is 5.82 Å². The van der Waals surface area contributed by atoms with Gasteiger partial charge < -0.3 is 5.73 Å². The maximum absolute atomic E-state index is 13.5. The minimum Gasteiger partial charge on any atom is -0.396 e. The highest BCUT2D eigenvalue weighted by Gasteiger charge is 2.15. The van der Waals surface area contributed by atoms with Crippen molar-refractivity contribution in [2.45, 2.75) is 0 Å². The topological polar surface area (TPSA) is 56.7 Å². The molecule has 0 atom stereocenters. The summed E-state index contributed by atoms with van der Waals surface area (Å²) in [6.07, 6.45) is 0. The predicted octanol–water partition coefficient (Wildman–Crippen LogP) is 2.93. The Morgan fingerprint density at radius 3 is 2.84 bits per heavy atom. The number of rotatable bonds is 2. The minimum atomic E-state index is -0.446. The third kappa shape index (κ3) is 2.00. The molecule has 3 aromatic rings. The van der Waals surface area contributed by atoms with Crippen LogP contribution in [-0.2, 0) is 7.05 Å². The van der Waals surface area contributed by atoms with Crippen molar-refractivity contribution in [2.75, 3.05) is 5.73 Å². The maximum Gasteiger partial charge on any atom is 0.191 e. The molecule has 2 heterocycles. The average Bonchev–Trinajstić information content (AvgIpc) is 3.02. The molecule has 0 saturated carbocycles. The number of aryl methyl sites for hydroxylation is 1. The number of para-hydroxylation sites is 1. The molecule has 0 fully saturated rings. The summed E-state index contributed by atoms with van der Waals surface area (Å²) in [6.45, 7) is 0. The summed E-state index contributed by atoms with van der Waals surface area (Å²) in [4.78, 5) is 5.41. The van der Waals surface area contributed by atoms with Crippen LogP contribution in [0.1, 0.15) is 0 Å². The van der Waals surface area contributed by atoms with E-state index in [1.807, 2.05) is 17.5 Å². The van der Waals surface area contributed by atoms with Crippen LogP contribution >= 0.6 is 11.3 Å². The molecule has 0 aliphatic carbocycles. The quantitative estimate of drug-likeness (QED) is 0.731. The van der Waals surface area contributed by atoms with Crippen molar-refractivity contribution in [2.24, 2.45) is 7.05 Å². The number of nitrogens with zero attached hydrogens (tertiary/aromatic N) is 3. The first-order valence-electron chi connectivity index (χ1n) is 5.66. The maximum atomic E-state index is 13.5. The van der Waals surface area contributed by atoms with Gasteiger partial charge in [0.1, 0.15) is 5.82 Å². The Morgan fingerprint density at radius 1 is 1.26 bits per heavy atom. The average molecular weight is 274 g/mol. The van der Waals surface area contributed by atoms with E-state index in [2.05, 4.69) is 10.1 Å². The first-order valence-corrected chi connectivity index (χ1v) is 6.54. The second-order valence-corrected chi connectivity index (χ2v) is 5.01. The van der Waals surface area contributed by atoms with Gasteiger partial charge in [0.05, 0.1) is 10.6 Å². The van der Waals surface area contributed by atoms with Crippen LogP contribution < -0.4 is 5.73 Å². The molecule has 0 aliphatic rings. The van der Waals surface area contributed by atoms with E-state index in [0.29, 0.717) is 17.2 Å². The Kier molecular flexibility index (Phi) is 2.79. The summed E-state index contributed by atoms with van der Waals surface area (Å²) in [5.41, 5.74) is 6.40. The van der Waals surface area contributed by atoms with Gasteiger partial charge >= 0.3 is 0 Å². The van der Waals surface area contributed by atoms with Crippen LogP contribution in [0.3, 0.4) is 0 Å². The van der Waals surface area contributed by atoms with E-state index in [1.165, 1.54) is 6.07 Å². The summed E-state index contributed by atoms with van der Waals surface area (Å²) >= 11 is 1.56. The molecule has 0 radical (unpaired) electrons. The molecular formula is C13H11FN4S. The standard InChI is InChI=1S/C13H11FN4S/c1-18-13(8-4-2-5-9(14)11(8)15)16-12(17-18)10-6-3-7-19-10/h2-7H,15H2,1H3. The minimum absolute atomic E-state index is 0.0933. The van der Waals surface area contributed by atoms with Crippen LogP contribution in [0.5, 0.6) is 0 Å². The van der Waals surface area contributed by atoms with Crippen molar-refractivity contribution < 1.29 is 4.39 Å². The van der Waals surface area contributed by atoms with Gasteiger partial charge in [0.25, 0.3) is 0 Å². The Bertz CT molecular complexity index is 718. The molecule has 0 spiro atoms. The largest absolute Gasteiger partial charge is 0.396 e. The van der Waals surface area contributed by atoms with E-state index in [-0.39, 0.29) is 5.69 Å². The van der Waals surface area contributed by atoms with Crippen LogP contribution in [0.4, 0.5) is 10.1 Å². The molecule has 0 aliphatic heterocycles. The number of aromatic nitrogens is 3. The van der Waals surface area contributed by atoms with Crippen LogP contribution in [-0.4, -0.2) is 14.8 Å². The van der Waals surface area contributed by atoms with E-state index in [0.717, 1.165) is 4.88 Å². The van der Waals surface area contributed by atoms with Crippen molar-refractivity contribution in [1.82, 2.24) is 14.8 Å². The highest BCUT2D eigenvalue weighted by atomic mass is 32.1. The van der Waals surface area contributed by atoms with Crippen molar-refractivity contribution in [1.29, 1.82) is 0 Å². The number of thiophene rings is 1. The van der Waals surface area contributed by atoms with Crippen molar-refractivity contribution in [3.8, 4) is 22.1 Å². The normalized spacial score (nSPS) is 10.8. The predicted molar refractivity (Wildman–Crippen MR) is 74.1 cm³/mol. The molecule has 4 nitrogen and oxygen atoms in total. The SMILES string of the molecule is Cn1nc(-c2cccs2)nc1-c1cccc(F)c1N. The number of halogens is 1. The molecule has 0 unspecified atom stereocenters. The van der Waals surface area contributed by atoms with Gasteiger partial charge in [-0.1, -0.05) is 12.1 Å². The third-order valence-corrected chi connectivity index (χ3v) is 3.66. The Labute approximate surface area is 113 Å². The Balaban J connectivity index is 2.14. The second-order valence-electron chi connectivity index (χ2n) is 4.06. The van der Waals surface area contributed by atoms with E-state index >= 15 is 0 Å². The third-order valence-electron chi connectivity index (χ3n) is 2.80. The zero-order valence-electron chi connectivity index (χ0n) is 10.2. The first kappa shape index (κ1) is 11.9. The van der Waals surface area contributed by atoms with Gasteiger partial charge in [0.2, 0.25) is 0 Å². The van der Waals surface area contributed by atoms with E-state index in [9.17, 15) is 4.39 Å². The highest BCUT2D eigenvalue weighted by Crippen LogP contribution is 2.29. The fourth-order valence-corrected chi connectivity index (χ4v) is 2.51. The van der Waals surface area contributed by atoms with Gasteiger partial charge in [0.15, 0.2) is 11.6 Å².